The van der Waals surface area contributed by atoms with Crippen molar-refractivity contribution >= 4 is 0 Å². The van der Waals surface area contributed by atoms with E-state index < -0.39 is 0 Å². The topological polar surface area (TPSA) is 52.8 Å². The summed E-state index contributed by atoms with van der Waals surface area (Å²) >= 11 is 0. The van der Waals surface area contributed by atoms with E-state index in [1.54, 1.807) is 12.4 Å². The van der Waals surface area contributed by atoms with Gasteiger partial charge in [-0.15, -0.1) is 0 Å². The van der Waals surface area contributed by atoms with Gasteiger partial charge in [-0.3, -0.25) is 9.97 Å². The van der Waals surface area contributed by atoms with Crippen molar-refractivity contribution in [1.29, 1.82) is 0 Å². The zero-order valence-corrected chi connectivity index (χ0v) is 11.9. The van der Waals surface area contributed by atoms with Crippen molar-refractivity contribution < 1.29 is 17.1 Å². The van der Waals surface area contributed by atoms with Crippen molar-refractivity contribution in [2.45, 2.75) is 13.3 Å². The van der Waals surface area contributed by atoms with Gasteiger partial charge in [-0.25, -0.2) is 0 Å². The largest absolute Gasteiger partial charge is 1.00 e. The molecule has 0 radical (unpaired) electrons. The van der Waals surface area contributed by atoms with E-state index in [1.807, 2.05) is 43.3 Å². The van der Waals surface area contributed by atoms with Gasteiger partial charge in [0.05, 0.1) is 5.69 Å². The van der Waals surface area contributed by atoms with Gasteiger partial charge in [-0.1, -0.05) is 24.5 Å². The van der Waals surface area contributed by atoms with Gasteiger partial charge in [0, 0.05) is 23.5 Å². The van der Waals surface area contributed by atoms with Gasteiger partial charge in [0.1, 0.15) is 0 Å². The maximum atomic E-state index is 4.58. The fourth-order valence-corrected chi connectivity index (χ4v) is 1.96. The number of pyridine rings is 2. The van der Waals surface area contributed by atoms with Crippen LogP contribution in [0.1, 0.15) is 17.1 Å². The zero-order valence-electron chi connectivity index (χ0n) is 10.9. The fraction of sp³-hybridized carbons (Fsp3) is 0.133. The number of aryl methyl sites for hydroxylation is 1. The average molecular weight is 313 g/mol. The molecule has 0 aliphatic heterocycles. The summed E-state index contributed by atoms with van der Waals surface area (Å²) in [4.78, 5) is 17.4. The molecule has 20 heavy (non-hydrogen) atoms. The number of rotatable bonds is 3. The van der Waals surface area contributed by atoms with Crippen LogP contribution in [0.25, 0.3) is 11.5 Å². The number of hydrogen-bond donors (Lipinski definition) is 0. The third-order valence-electron chi connectivity index (χ3n) is 2.80. The molecule has 0 unspecified atom stereocenters. The van der Waals surface area contributed by atoms with Crippen LogP contribution in [-0.2, 0) is 23.5 Å². The van der Waals surface area contributed by atoms with Crippen LogP contribution in [0.2, 0.25) is 0 Å². The van der Waals surface area contributed by atoms with Crippen LogP contribution in [-0.4, -0.2) is 15.0 Å². The molecule has 0 spiro atoms. The number of imidazole rings is 1. The molecule has 3 aromatic rings. The van der Waals surface area contributed by atoms with Gasteiger partial charge in [0.25, 0.3) is 0 Å². The van der Waals surface area contributed by atoms with Gasteiger partial charge in [0.15, 0.2) is 0 Å². The van der Waals surface area contributed by atoms with E-state index in [-0.39, 0.29) is 17.1 Å². The molecular formula is C15H13CuN4. The molecule has 0 bridgehead atoms. The van der Waals surface area contributed by atoms with Crippen molar-refractivity contribution in [2.75, 3.05) is 0 Å². The second-order valence-corrected chi connectivity index (χ2v) is 4.34. The first-order valence-electron chi connectivity index (χ1n) is 6.14. The zero-order chi connectivity index (χ0) is 13.1. The van der Waals surface area contributed by atoms with E-state index in [0.717, 1.165) is 29.2 Å². The Morgan fingerprint density at radius 1 is 1.00 bits per heavy atom. The summed E-state index contributed by atoms with van der Waals surface area (Å²) < 4.78 is 0. The maximum Gasteiger partial charge on any atom is 1.00 e. The van der Waals surface area contributed by atoms with Crippen molar-refractivity contribution in [3.63, 3.8) is 0 Å². The van der Waals surface area contributed by atoms with Crippen molar-refractivity contribution in [3.8, 4) is 11.5 Å². The molecule has 0 saturated heterocycles. The molecule has 4 nitrogen and oxygen atoms in total. The number of nitrogens with zero attached hydrogens (tertiary/aromatic N) is 4. The minimum absolute atomic E-state index is 0. The molecular weight excluding hydrogens is 300 g/mol. The van der Waals surface area contributed by atoms with Gasteiger partial charge < -0.3 is 9.97 Å². The molecule has 0 aliphatic rings. The van der Waals surface area contributed by atoms with E-state index in [4.69, 9.17) is 0 Å². The predicted octanol–water partition coefficient (Wildman–Crippen LogP) is 2.39. The minimum atomic E-state index is 0. The summed E-state index contributed by atoms with van der Waals surface area (Å²) in [7, 11) is 0. The van der Waals surface area contributed by atoms with Crippen LogP contribution < -0.4 is 4.98 Å². The molecule has 0 amide bonds. The Morgan fingerprint density at radius 2 is 1.75 bits per heavy atom. The Morgan fingerprint density at radius 3 is 2.45 bits per heavy atom. The first-order valence-corrected chi connectivity index (χ1v) is 6.14. The van der Waals surface area contributed by atoms with E-state index in [0.29, 0.717) is 5.82 Å². The third kappa shape index (κ3) is 3.32. The van der Waals surface area contributed by atoms with Crippen LogP contribution >= 0.6 is 0 Å². The van der Waals surface area contributed by atoms with Crippen LogP contribution in [0.15, 0.2) is 48.8 Å². The average Bonchev–Trinajstić information content (AvgIpc) is 2.93. The van der Waals surface area contributed by atoms with E-state index in [1.165, 1.54) is 0 Å². The normalized spacial score (nSPS) is 10.1. The summed E-state index contributed by atoms with van der Waals surface area (Å²) in [6.07, 6.45) is 4.06. The summed E-state index contributed by atoms with van der Waals surface area (Å²) in [6.45, 7) is 1.99. The summed E-state index contributed by atoms with van der Waals surface area (Å²) in [5, 5.41) is 0. The van der Waals surface area contributed by atoms with Crippen molar-refractivity contribution in [3.05, 3.63) is 65.9 Å². The second kappa shape index (κ2) is 6.46. The van der Waals surface area contributed by atoms with Crippen LogP contribution in [0.4, 0.5) is 0 Å². The maximum absolute atomic E-state index is 4.58. The van der Waals surface area contributed by atoms with Crippen LogP contribution in [0.5, 0.6) is 0 Å². The molecule has 0 saturated carbocycles. The number of aromatic nitrogens is 4. The Hall–Kier alpha value is -1.97. The van der Waals surface area contributed by atoms with E-state index >= 15 is 0 Å². The minimum Gasteiger partial charge on any atom is -0.441 e. The second-order valence-electron chi connectivity index (χ2n) is 4.34. The summed E-state index contributed by atoms with van der Waals surface area (Å²) in [5.74, 6) is 0.666. The fourth-order valence-electron chi connectivity index (χ4n) is 1.96. The molecule has 3 rings (SSSR count). The summed E-state index contributed by atoms with van der Waals surface area (Å²) in [5.41, 5.74) is 3.82. The van der Waals surface area contributed by atoms with E-state index in [9.17, 15) is 0 Å². The SMILES string of the molecule is Cc1cccc(Cc2cccc(-c3ncc[n-]3)n2)n1.[Cu+]. The quantitative estimate of drug-likeness (QED) is 0.697. The molecule has 0 fully saturated rings. The van der Waals surface area contributed by atoms with Gasteiger partial charge >= 0.3 is 17.1 Å². The Bertz CT molecular complexity index is 680. The van der Waals surface area contributed by atoms with Crippen LogP contribution in [0, 0.1) is 6.92 Å². The summed E-state index contributed by atoms with van der Waals surface area (Å²) in [6, 6.07) is 11.9. The molecule has 0 aliphatic carbocycles. The van der Waals surface area contributed by atoms with Gasteiger partial charge in [0.2, 0.25) is 0 Å². The molecule has 104 valence electrons. The molecule has 0 atom stereocenters. The first kappa shape index (κ1) is 14.4. The Labute approximate surface area is 128 Å². The Kier molecular flexibility index (Phi) is 4.66. The molecule has 0 aromatic carbocycles. The monoisotopic (exact) mass is 312 g/mol. The molecule has 3 aromatic heterocycles. The van der Waals surface area contributed by atoms with Crippen molar-refractivity contribution in [1.82, 2.24) is 19.9 Å². The smallest absolute Gasteiger partial charge is 0.441 e. The van der Waals surface area contributed by atoms with Gasteiger partial charge in [-0.05, 0) is 37.0 Å². The molecule has 0 N–H and O–H groups in total. The van der Waals surface area contributed by atoms with E-state index in [2.05, 4.69) is 19.9 Å². The predicted molar refractivity (Wildman–Crippen MR) is 72.6 cm³/mol. The van der Waals surface area contributed by atoms with Gasteiger partial charge in [-0.2, -0.15) is 0 Å². The molecule has 3 heterocycles. The molecule has 5 heteroatoms. The first-order chi connectivity index (χ1) is 9.31. The third-order valence-corrected chi connectivity index (χ3v) is 2.80. The van der Waals surface area contributed by atoms with Crippen LogP contribution in [0.3, 0.4) is 0 Å². The standard InChI is InChI=1S/C15H13N4.Cu/c1-11-4-2-5-12(18-11)10-13-6-3-7-14(19-13)15-16-8-9-17-15;/h2-9H,10H2,1H3;/q-1;+1. The number of hydrogen-bond acceptors (Lipinski definition) is 3. The Balaban J connectivity index is 0.00000147. The van der Waals surface area contributed by atoms with Crippen molar-refractivity contribution in [2.24, 2.45) is 0 Å².